The van der Waals surface area contributed by atoms with Gasteiger partial charge in [0.2, 0.25) is 0 Å². The van der Waals surface area contributed by atoms with Crippen molar-refractivity contribution in [3.05, 3.63) is 28.5 Å². The van der Waals surface area contributed by atoms with E-state index in [0.29, 0.717) is 21.8 Å². The Bertz CT molecular complexity index is 516. The Hall–Kier alpha value is -1.01. The summed E-state index contributed by atoms with van der Waals surface area (Å²) in [6.07, 6.45) is 0. The van der Waals surface area contributed by atoms with Crippen LogP contribution in [0.1, 0.15) is 12.7 Å². The van der Waals surface area contributed by atoms with Crippen LogP contribution in [0.2, 0.25) is 0 Å². The highest BCUT2D eigenvalue weighted by Gasteiger charge is 2.10. The lowest BCUT2D eigenvalue weighted by Crippen LogP contribution is -1.84. The zero-order chi connectivity index (χ0) is 12.3. The van der Waals surface area contributed by atoms with E-state index in [-0.39, 0.29) is 5.75 Å². The molecule has 0 atom stereocenters. The molecular weight excluding hydrogens is 304 g/mol. The molecule has 17 heavy (non-hydrogen) atoms. The third-order valence-corrected chi connectivity index (χ3v) is 3.64. The van der Waals surface area contributed by atoms with Crippen molar-refractivity contribution < 1.29 is 9.63 Å². The number of nitrogens with zero attached hydrogens (tertiary/aromatic N) is 2. The first-order valence-corrected chi connectivity index (χ1v) is 7.04. The topological polar surface area (TPSA) is 59.2 Å². The van der Waals surface area contributed by atoms with E-state index in [1.165, 1.54) is 0 Å². The lowest BCUT2D eigenvalue weighted by atomic mass is 10.2. The van der Waals surface area contributed by atoms with Crippen molar-refractivity contribution in [2.24, 2.45) is 0 Å². The van der Waals surface area contributed by atoms with Crippen molar-refractivity contribution >= 4 is 27.7 Å². The van der Waals surface area contributed by atoms with Gasteiger partial charge in [-0.15, -0.1) is 0 Å². The molecule has 1 heterocycles. The smallest absolute Gasteiger partial charge is 0.258 e. The van der Waals surface area contributed by atoms with E-state index >= 15 is 0 Å². The third-order valence-electron chi connectivity index (χ3n) is 2.10. The SMILES string of the molecule is CCSCc1noc(-c2ccc(Br)c(O)c2)n1. The lowest BCUT2D eigenvalue weighted by molar-refractivity contribution is 0.424. The molecule has 90 valence electrons. The molecule has 0 bridgehead atoms. The minimum absolute atomic E-state index is 0.158. The summed E-state index contributed by atoms with van der Waals surface area (Å²) in [4.78, 5) is 4.26. The minimum Gasteiger partial charge on any atom is -0.507 e. The van der Waals surface area contributed by atoms with Gasteiger partial charge in [-0.1, -0.05) is 12.1 Å². The van der Waals surface area contributed by atoms with Gasteiger partial charge in [-0.2, -0.15) is 16.7 Å². The number of phenols is 1. The van der Waals surface area contributed by atoms with Gasteiger partial charge >= 0.3 is 0 Å². The van der Waals surface area contributed by atoms with Crippen molar-refractivity contribution in [1.82, 2.24) is 10.1 Å². The first-order valence-electron chi connectivity index (χ1n) is 5.10. The first kappa shape index (κ1) is 12.4. The fraction of sp³-hybridized carbons (Fsp3) is 0.273. The van der Waals surface area contributed by atoms with Crippen molar-refractivity contribution in [3.8, 4) is 17.2 Å². The van der Waals surface area contributed by atoms with E-state index in [1.54, 1.807) is 23.9 Å². The molecule has 4 nitrogen and oxygen atoms in total. The second-order valence-electron chi connectivity index (χ2n) is 3.32. The van der Waals surface area contributed by atoms with Crippen LogP contribution in [0.4, 0.5) is 0 Å². The van der Waals surface area contributed by atoms with E-state index in [9.17, 15) is 5.11 Å². The van der Waals surface area contributed by atoms with Gasteiger partial charge < -0.3 is 9.63 Å². The molecule has 0 amide bonds. The molecule has 1 aromatic carbocycles. The molecule has 2 rings (SSSR count). The Balaban J connectivity index is 2.21. The summed E-state index contributed by atoms with van der Waals surface area (Å²) >= 11 is 4.95. The highest BCUT2D eigenvalue weighted by Crippen LogP contribution is 2.29. The van der Waals surface area contributed by atoms with Gasteiger partial charge in [0.25, 0.3) is 5.89 Å². The normalized spacial score (nSPS) is 10.7. The van der Waals surface area contributed by atoms with Gasteiger partial charge in [0.1, 0.15) is 5.75 Å². The number of benzene rings is 1. The Labute approximate surface area is 112 Å². The number of thioether (sulfide) groups is 1. The van der Waals surface area contributed by atoms with Crippen LogP contribution in [0.3, 0.4) is 0 Å². The molecule has 1 N–H and O–H groups in total. The maximum absolute atomic E-state index is 9.57. The number of halogens is 1. The number of aromatic hydroxyl groups is 1. The maximum atomic E-state index is 9.57. The highest BCUT2D eigenvalue weighted by molar-refractivity contribution is 9.10. The molecule has 0 spiro atoms. The summed E-state index contributed by atoms with van der Waals surface area (Å²) in [6, 6.07) is 5.15. The number of phenolic OH excluding ortho intramolecular Hbond substituents is 1. The number of hydrogen-bond acceptors (Lipinski definition) is 5. The Morgan fingerprint density at radius 1 is 1.47 bits per heavy atom. The fourth-order valence-corrected chi connectivity index (χ4v) is 2.02. The van der Waals surface area contributed by atoms with Crippen molar-refractivity contribution in [2.45, 2.75) is 12.7 Å². The largest absolute Gasteiger partial charge is 0.507 e. The van der Waals surface area contributed by atoms with E-state index in [2.05, 4.69) is 33.0 Å². The van der Waals surface area contributed by atoms with Crippen molar-refractivity contribution in [3.63, 3.8) is 0 Å². The molecule has 6 heteroatoms. The predicted octanol–water partition coefficient (Wildman–Crippen LogP) is 3.46. The van der Waals surface area contributed by atoms with Gasteiger partial charge in [-0.05, 0) is 39.9 Å². The maximum Gasteiger partial charge on any atom is 0.258 e. The van der Waals surface area contributed by atoms with Crippen LogP contribution in [-0.4, -0.2) is 21.0 Å². The standard InChI is InChI=1S/C11H11BrN2O2S/c1-2-17-6-10-13-11(16-14-10)7-3-4-8(12)9(15)5-7/h3-5,15H,2,6H2,1H3. The molecule has 0 unspecified atom stereocenters. The zero-order valence-electron chi connectivity index (χ0n) is 9.18. The van der Waals surface area contributed by atoms with Gasteiger partial charge in [0.05, 0.1) is 10.2 Å². The van der Waals surface area contributed by atoms with E-state index < -0.39 is 0 Å². The first-order chi connectivity index (χ1) is 8.20. The molecule has 0 aliphatic carbocycles. The lowest BCUT2D eigenvalue weighted by Gasteiger charge is -1.98. The Morgan fingerprint density at radius 3 is 3.00 bits per heavy atom. The minimum atomic E-state index is 0.158. The van der Waals surface area contributed by atoms with Crippen LogP contribution in [0.15, 0.2) is 27.2 Å². The fourth-order valence-electron chi connectivity index (χ4n) is 1.27. The second kappa shape index (κ2) is 5.55. The predicted molar refractivity (Wildman–Crippen MR) is 70.9 cm³/mol. The molecule has 0 saturated carbocycles. The summed E-state index contributed by atoms with van der Waals surface area (Å²) in [7, 11) is 0. The highest BCUT2D eigenvalue weighted by atomic mass is 79.9. The summed E-state index contributed by atoms with van der Waals surface area (Å²) < 4.78 is 5.78. The van der Waals surface area contributed by atoms with Gasteiger partial charge in [-0.3, -0.25) is 0 Å². The van der Waals surface area contributed by atoms with Crippen LogP contribution in [0.5, 0.6) is 5.75 Å². The summed E-state index contributed by atoms with van der Waals surface area (Å²) in [5.74, 6) is 3.02. The van der Waals surface area contributed by atoms with Gasteiger partial charge in [0, 0.05) is 5.56 Å². The van der Waals surface area contributed by atoms with Gasteiger partial charge in [-0.25, -0.2) is 0 Å². The summed E-state index contributed by atoms with van der Waals surface area (Å²) in [5.41, 5.74) is 0.714. The number of rotatable bonds is 4. The van der Waals surface area contributed by atoms with Crippen LogP contribution in [-0.2, 0) is 5.75 Å². The van der Waals surface area contributed by atoms with Crippen LogP contribution < -0.4 is 0 Å². The van der Waals surface area contributed by atoms with Crippen LogP contribution >= 0.6 is 27.7 Å². The molecule has 1 aromatic heterocycles. The summed E-state index contributed by atoms with van der Waals surface area (Å²) in [6.45, 7) is 2.08. The van der Waals surface area contributed by atoms with Crippen LogP contribution in [0, 0.1) is 0 Å². The summed E-state index contributed by atoms with van der Waals surface area (Å²) in [5, 5.41) is 13.5. The molecule has 0 fully saturated rings. The van der Waals surface area contributed by atoms with E-state index in [4.69, 9.17) is 4.52 Å². The van der Waals surface area contributed by atoms with Crippen molar-refractivity contribution in [1.29, 1.82) is 0 Å². The van der Waals surface area contributed by atoms with Gasteiger partial charge in [0.15, 0.2) is 5.82 Å². The average molecular weight is 315 g/mol. The molecule has 0 radical (unpaired) electrons. The third kappa shape index (κ3) is 3.01. The van der Waals surface area contributed by atoms with E-state index in [1.807, 2.05) is 6.07 Å². The molecule has 0 saturated heterocycles. The Morgan fingerprint density at radius 2 is 2.29 bits per heavy atom. The average Bonchev–Trinajstić information content (AvgIpc) is 2.79. The number of hydrogen-bond donors (Lipinski definition) is 1. The molecule has 0 aliphatic heterocycles. The van der Waals surface area contributed by atoms with Crippen molar-refractivity contribution in [2.75, 3.05) is 5.75 Å². The molecule has 2 aromatic rings. The molecule has 0 aliphatic rings. The van der Waals surface area contributed by atoms with E-state index in [0.717, 1.165) is 11.5 Å². The molecular formula is C11H11BrN2O2S. The Kier molecular flexibility index (Phi) is 4.06. The zero-order valence-corrected chi connectivity index (χ0v) is 11.6. The quantitative estimate of drug-likeness (QED) is 0.936. The number of aromatic nitrogens is 2. The monoisotopic (exact) mass is 314 g/mol. The van der Waals surface area contributed by atoms with Crippen LogP contribution in [0.25, 0.3) is 11.5 Å². The second-order valence-corrected chi connectivity index (χ2v) is 5.45.